The Morgan fingerprint density at radius 3 is 2.38 bits per heavy atom. The first-order valence-electron chi connectivity index (χ1n) is 4.66. The van der Waals surface area contributed by atoms with E-state index in [4.69, 9.17) is 16.9 Å². The molecule has 0 saturated carbocycles. The summed E-state index contributed by atoms with van der Waals surface area (Å²) in [4.78, 5) is 0. The molecular formula is C13H7BrClN. The predicted molar refractivity (Wildman–Crippen MR) is 69.3 cm³/mol. The Hall–Kier alpha value is -1.30. The zero-order valence-corrected chi connectivity index (χ0v) is 10.6. The predicted octanol–water partition coefficient (Wildman–Crippen LogP) is 4.64. The van der Waals surface area contributed by atoms with Gasteiger partial charge in [0, 0.05) is 9.50 Å². The van der Waals surface area contributed by atoms with E-state index >= 15 is 0 Å². The molecule has 0 fully saturated rings. The standard InChI is InChI=1S/C13H7BrClN/c14-11-3-6-13(10(7-11)8-16)9-1-4-12(15)5-2-9/h1-7H. The minimum absolute atomic E-state index is 0.650. The van der Waals surface area contributed by atoms with Crippen LogP contribution in [0.2, 0.25) is 5.02 Å². The van der Waals surface area contributed by atoms with Gasteiger partial charge in [0.25, 0.3) is 0 Å². The second-order valence-corrected chi connectivity index (χ2v) is 4.66. The van der Waals surface area contributed by atoms with Crippen LogP contribution in [0.1, 0.15) is 5.56 Å². The smallest absolute Gasteiger partial charge is 0.0998 e. The van der Waals surface area contributed by atoms with Crippen LogP contribution in [0.4, 0.5) is 0 Å². The van der Waals surface area contributed by atoms with Crippen molar-refractivity contribution < 1.29 is 0 Å². The van der Waals surface area contributed by atoms with E-state index in [1.54, 1.807) is 0 Å². The summed E-state index contributed by atoms with van der Waals surface area (Å²) < 4.78 is 0.904. The van der Waals surface area contributed by atoms with Gasteiger partial charge in [-0.25, -0.2) is 0 Å². The summed E-state index contributed by atoms with van der Waals surface area (Å²) in [7, 11) is 0. The average Bonchev–Trinajstić information content (AvgIpc) is 2.30. The highest BCUT2D eigenvalue weighted by Gasteiger charge is 2.05. The third-order valence-electron chi connectivity index (χ3n) is 2.26. The summed E-state index contributed by atoms with van der Waals surface area (Å²) in [5, 5.41) is 9.76. The third-order valence-corrected chi connectivity index (χ3v) is 3.00. The van der Waals surface area contributed by atoms with Crippen LogP contribution in [0, 0.1) is 11.3 Å². The van der Waals surface area contributed by atoms with Crippen molar-refractivity contribution in [2.24, 2.45) is 0 Å². The molecule has 78 valence electrons. The summed E-state index contributed by atoms with van der Waals surface area (Å²) >= 11 is 9.17. The van der Waals surface area contributed by atoms with Crippen molar-refractivity contribution in [2.75, 3.05) is 0 Å². The molecular weight excluding hydrogens is 286 g/mol. The van der Waals surface area contributed by atoms with Crippen molar-refractivity contribution in [1.82, 2.24) is 0 Å². The SMILES string of the molecule is N#Cc1cc(Br)ccc1-c1ccc(Cl)cc1. The fraction of sp³-hybridized carbons (Fsp3) is 0. The topological polar surface area (TPSA) is 23.8 Å². The Labute approximate surface area is 107 Å². The van der Waals surface area contributed by atoms with Crippen LogP contribution < -0.4 is 0 Å². The lowest BCUT2D eigenvalue weighted by molar-refractivity contribution is 1.47. The number of hydrogen-bond acceptors (Lipinski definition) is 1. The molecule has 16 heavy (non-hydrogen) atoms. The highest BCUT2D eigenvalue weighted by molar-refractivity contribution is 9.10. The summed E-state index contributed by atoms with van der Waals surface area (Å²) in [5.74, 6) is 0. The molecule has 0 saturated heterocycles. The summed E-state index contributed by atoms with van der Waals surface area (Å²) in [5.41, 5.74) is 2.56. The Morgan fingerprint density at radius 1 is 1.06 bits per heavy atom. The van der Waals surface area contributed by atoms with E-state index in [9.17, 15) is 0 Å². The molecule has 0 N–H and O–H groups in total. The molecule has 2 aromatic rings. The Balaban J connectivity index is 2.56. The first kappa shape index (κ1) is 11.2. The van der Waals surface area contributed by atoms with Gasteiger partial charge < -0.3 is 0 Å². The van der Waals surface area contributed by atoms with Crippen molar-refractivity contribution in [2.45, 2.75) is 0 Å². The highest BCUT2D eigenvalue weighted by Crippen LogP contribution is 2.27. The maximum Gasteiger partial charge on any atom is 0.0998 e. The normalized spacial score (nSPS) is 9.81. The van der Waals surface area contributed by atoms with E-state index in [0.717, 1.165) is 15.6 Å². The van der Waals surface area contributed by atoms with Gasteiger partial charge in [-0.2, -0.15) is 5.26 Å². The quantitative estimate of drug-likeness (QED) is 0.751. The second kappa shape index (κ2) is 4.69. The van der Waals surface area contributed by atoms with Crippen molar-refractivity contribution in [3.05, 3.63) is 57.5 Å². The molecule has 0 aliphatic rings. The fourth-order valence-electron chi connectivity index (χ4n) is 1.49. The van der Waals surface area contributed by atoms with E-state index in [0.29, 0.717) is 10.6 Å². The number of halogens is 2. The number of hydrogen-bond donors (Lipinski definition) is 0. The minimum atomic E-state index is 0.650. The Kier molecular flexibility index (Phi) is 3.28. The molecule has 3 heteroatoms. The largest absolute Gasteiger partial charge is 0.192 e. The minimum Gasteiger partial charge on any atom is -0.192 e. The molecule has 0 unspecified atom stereocenters. The lowest BCUT2D eigenvalue weighted by Gasteiger charge is -2.04. The molecule has 2 aromatic carbocycles. The van der Waals surface area contributed by atoms with Gasteiger partial charge in [-0.15, -0.1) is 0 Å². The molecule has 0 atom stereocenters. The van der Waals surface area contributed by atoms with Crippen molar-refractivity contribution in [1.29, 1.82) is 5.26 Å². The molecule has 0 aromatic heterocycles. The van der Waals surface area contributed by atoms with E-state index in [1.165, 1.54) is 0 Å². The van der Waals surface area contributed by atoms with Gasteiger partial charge in [0.05, 0.1) is 11.6 Å². The number of benzene rings is 2. The van der Waals surface area contributed by atoms with Crippen LogP contribution in [0.5, 0.6) is 0 Å². The monoisotopic (exact) mass is 291 g/mol. The maximum atomic E-state index is 9.06. The van der Waals surface area contributed by atoms with E-state index in [1.807, 2.05) is 42.5 Å². The van der Waals surface area contributed by atoms with Gasteiger partial charge in [0.1, 0.15) is 0 Å². The summed E-state index contributed by atoms with van der Waals surface area (Å²) in [6.07, 6.45) is 0. The first-order valence-corrected chi connectivity index (χ1v) is 5.83. The fourth-order valence-corrected chi connectivity index (χ4v) is 1.98. The van der Waals surface area contributed by atoms with E-state index < -0.39 is 0 Å². The van der Waals surface area contributed by atoms with Crippen molar-refractivity contribution >= 4 is 27.5 Å². The van der Waals surface area contributed by atoms with Gasteiger partial charge in [0.2, 0.25) is 0 Å². The van der Waals surface area contributed by atoms with Gasteiger partial charge in [-0.05, 0) is 35.4 Å². The third kappa shape index (κ3) is 2.27. The van der Waals surface area contributed by atoms with Gasteiger partial charge in [-0.1, -0.05) is 45.7 Å². The molecule has 2 rings (SSSR count). The molecule has 0 amide bonds. The first-order chi connectivity index (χ1) is 7.70. The summed E-state index contributed by atoms with van der Waals surface area (Å²) in [6, 6.07) is 15.3. The number of rotatable bonds is 1. The molecule has 0 aliphatic carbocycles. The zero-order chi connectivity index (χ0) is 11.5. The lowest BCUT2D eigenvalue weighted by Crippen LogP contribution is -1.84. The van der Waals surface area contributed by atoms with Crippen LogP contribution in [0.3, 0.4) is 0 Å². The molecule has 0 aliphatic heterocycles. The molecule has 0 bridgehead atoms. The van der Waals surface area contributed by atoms with Crippen LogP contribution in [0.15, 0.2) is 46.9 Å². The van der Waals surface area contributed by atoms with Crippen LogP contribution >= 0.6 is 27.5 Å². The van der Waals surface area contributed by atoms with Gasteiger partial charge in [0.15, 0.2) is 0 Å². The van der Waals surface area contributed by atoms with E-state index in [-0.39, 0.29) is 0 Å². The van der Waals surface area contributed by atoms with Crippen LogP contribution in [-0.2, 0) is 0 Å². The van der Waals surface area contributed by atoms with Crippen molar-refractivity contribution in [3.8, 4) is 17.2 Å². The highest BCUT2D eigenvalue weighted by atomic mass is 79.9. The maximum absolute atomic E-state index is 9.06. The van der Waals surface area contributed by atoms with Gasteiger partial charge >= 0.3 is 0 Å². The van der Waals surface area contributed by atoms with Crippen LogP contribution in [0.25, 0.3) is 11.1 Å². The summed E-state index contributed by atoms with van der Waals surface area (Å²) in [6.45, 7) is 0. The average molecular weight is 293 g/mol. The number of nitriles is 1. The van der Waals surface area contributed by atoms with Crippen LogP contribution in [-0.4, -0.2) is 0 Å². The second-order valence-electron chi connectivity index (χ2n) is 3.31. The Bertz CT molecular complexity index is 555. The van der Waals surface area contributed by atoms with E-state index in [2.05, 4.69) is 22.0 Å². The molecule has 0 radical (unpaired) electrons. The number of nitrogens with zero attached hydrogens (tertiary/aromatic N) is 1. The molecule has 1 nitrogen and oxygen atoms in total. The molecule has 0 spiro atoms. The van der Waals surface area contributed by atoms with Crippen molar-refractivity contribution in [3.63, 3.8) is 0 Å². The Morgan fingerprint density at radius 2 is 1.75 bits per heavy atom. The lowest BCUT2D eigenvalue weighted by atomic mass is 10.0. The zero-order valence-electron chi connectivity index (χ0n) is 8.24. The van der Waals surface area contributed by atoms with Gasteiger partial charge in [-0.3, -0.25) is 0 Å². The molecule has 0 heterocycles.